The van der Waals surface area contributed by atoms with E-state index in [0.717, 1.165) is 19.5 Å². The highest BCUT2D eigenvalue weighted by Crippen LogP contribution is 2.25. The first-order chi connectivity index (χ1) is 10.6. The van der Waals surface area contributed by atoms with Crippen molar-refractivity contribution in [3.8, 4) is 0 Å². The van der Waals surface area contributed by atoms with Crippen molar-refractivity contribution >= 4 is 17.4 Å². The maximum absolute atomic E-state index is 12.2. The van der Waals surface area contributed by atoms with Crippen LogP contribution in [-0.2, 0) is 4.74 Å². The largest absolute Gasteiger partial charge is 0.444 e. The molecule has 1 amide bonds. The van der Waals surface area contributed by atoms with Crippen molar-refractivity contribution < 1.29 is 9.53 Å². The molecule has 0 saturated heterocycles. The number of aryl methyl sites for hydroxylation is 2. The summed E-state index contributed by atoms with van der Waals surface area (Å²) in [5.74, 6) is 0. The van der Waals surface area contributed by atoms with Crippen LogP contribution in [0, 0.1) is 13.8 Å². The standard InChI is InChI=1S/C18H32N2O2S/c1-8-10-20(17(21)22-18(5,6)7)11-9-19-14(3)16-12-13(2)23-15(16)4/h12,14,19H,8-11H2,1-7H3. The third kappa shape index (κ3) is 6.92. The van der Waals surface area contributed by atoms with Gasteiger partial charge in [-0.2, -0.15) is 0 Å². The Kier molecular flexibility index (Phi) is 7.55. The fraction of sp³-hybridized carbons (Fsp3) is 0.722. The number of amides is 1. The molecule has 0 aliphatic carbocycles. The number of carbonyl (C=O) groups excluding carboxylic acids is 1. The summed E-state index contributed by atoms with van der Waals surface area (Å²) in [4.78, 5) is 16.7. The zero-order valence-corrected chi connectivity index (χ0v) is 16.5. The second kappa shape index (κ2) is 8.69. The average molecular weight is 341 g/mol. The van der Waals surface area contributed by atoms with Gasteiger partial charge in [-0.05, 0) is 59.6 Å². The lowest BCUT2D eigenvalue weighted by Crippen LogP contribution is -2.41. The molecule has 23 heavy (non-hydrogen) atoms. The van der Waals surface area contributed by atoms with Crippen molar-refractivity contribution in [3.05, 3.63) is 21.4 Å². The third-order valence-electron chi connectivity index (χ3n) is 3.52. The first kappa shape index (κ1) is 20.0. The highest BCUT2D eigenvalue weighted by atomic mass is 32.1. The number of carbonyl (C=O) groups is 1. The van der Waals surface area contributed by atoms with E-state index < -0.39 is 5.60 Å². The van der Waals surface area contributed by atoms with E-state index in [9.17, 15) is 4.79 Å². The highest BCUT2D eigenvalue weighted by molar-refractivity contribution is 7.12. The maximum atomic E-state index is 12.2. The Morgan fingerprint density at radius 3 is 2.48 bits per heavy atom. The fourth-order valence-corrected chi connectivity index (χ4v) is 3.52. The molecule has 1 aromatic rings. The zero-order valence-electron chi connectivity index (χ0n) is 15.7. The fourth-order valence-electron chi connectivity index (χ4n) is 2.50. The van der Waals surface area contributed by atoms with Gasteiger partial charge in [0.1, 0.15) is 5.60 Å². The van der Waals surface area contributed by atoms with Gasteiger partial charge in [0, 0.05) is 35.4 Å². The van der Waals surface area contributed by atoms with E-state index in [4.69, 9.17) is 4.74 Å². The van der Waals surface area contributed by atoms with Gasteiger partial charge in [-0.1, -0.05) is 6.92 Å². The van der Waals surface area contributed by atoms with E-state index in [1.165, 1.54) is 15.3 Å². The van der Waals surface area contributed by atoms with Crippen molar-refractivity contribution in [1.82, 2.24) is 10.2 Å². The summed E-state index contributed by atoms with van der Waals surface area (Å²) >= 11 is 1.83. The number of thiophene rings is 1. The number of ether oxygens (including phenoxy) is 1. The molecule has 0 saturated carbocycles. The van der Waals surface area contributed by atoms with Crippen LogP contribution in [0.25, 0.3) is 0 Å². The first-order valence-electron chi connectivity index (χ1n) is 8.42. The molecule has 5 heteroatoms. The molecule has 1 heterocycles. The number of hydrogen-bond acceptors (Lipinski definition) is 4. The quantitative estimate of drug-likeness (QED) is 0.785. The first-order valence-corrected chi connectivity index (χ1v) is 9.24. The van der Waals surface area contributed by atoms with Crippen molar-refractivity contribution in [3.63, 3.8) is 0 Å². The van der Waals surface area contributed by atoms with Gasteiger partial charge in [0.15, 0.2) is 0 Å². The van der Waals surface area contributed by atoms with E-state index in [1.54, 1.807) is 4.90 Å². The predicted molar refractivity (Wildman–Crippen MR) is 98.3 cm³/mol. The summed E-state index contributed by atoms with van der Waals surface area (Å²) in [6, 6.07) is 2.54. The molecular weight excluding hydrogens is 308 g/mol. The number of hydrogen-bond donors (Lipinski definition) is 1. The van der Waals surface area contributed by atoms with Crippen molar-refractivity contribution in [1.29, 1.82) is 0 Å². The van der Waals surface area contributed by atoms with Gasteiger partial charge in [-0.3, -0.25) is 0 Å². The van der Waals surface area contributed by atoms with Gasteiger partial charge in [0.2, 0.25) is 0 Å². The molecule has 0 bridgehead atoms. The second-order valence-corrected chi connectivity index (χ2v) is 8.47. The molecule has 1 rings (SSSR count). The molecular formula is C18H32N2O2S. The van der Waals surface area contributed by atoms with Gasteiger partial charge in [0.25, 0.3) is 0 Å². The minimum atomic E-state index is -0.449. The van der Waals surface area contributed by atoms with Crippen LogP contribution in [0.2, 0.25) is 0 Å². The van der Waals surface area contributed by atoms with Crippen molar-refractivity contribution in [2.24, 2.45) is 0 Å². The van der Waals surface area contributed by atoms with Crippen LogP contribution in [0.1, 0.15) is 62.4 Å². The average Bonchev–Trinajstić information content (AvgIpc) is 2.74. The van der Waals surface area contributed by atoms with E-state index in [-0.39, 0.29) is 6.09 Å². The Hall–Kier alpha value is -1.07. The number of rotatable bonds is 7. The predicted octanol–water partition coefficient (Wildman–Crippen LogP) is 4.66. The van der Waals surface area contributed by atoms with Crippen LogP contribution in [0.15, 0.2) is 6.07 Å². The van der Waals surface area contributed by atoms with Crippen molar-refractivity contribution in [2.75, 3.05) is 19.6 Å². The monoisotopic (exact) mass is 340 g/mol. The molecule has 1 aromatic heterocycles. The van der Waals surface area contributed by atoms with Crippen LogP contribution in [-0.4, -0.2) is 36.2 Å². The van der Waals surface area contributed by atoms with E-state index in [0.29, 0.717) is 12.6 Å². The molecule has 0 aliphatic rings. The number of nitrogens with zero attached hydrogens (tertiary/aromatic N) is 1. The van der Waals surface area contributed by atoms with E-state index >= 15 is 0 Å². The summed E-state index contributed by atoms with van der Waals surface area (Å²) in [5, 5.41) is 3.52. The molecule has 0 spiro atoms. The molecule has 4 nitrogen and oxygen atoms in total. The van der Waals surface area contributed by atoms with Crippen molar-refractivity contribution in [2.45, 2.75) is 66.5 Å². The highest BCUT2D eigenvalue weighted by Gasteiger charge is 2.21. The Balaban J connectivity index is 2.52. The van der Waals surface area contributed by atoms with Gasteiger partial charge >= 0.3 is 6.09 Å². The minimum Gasteiger partial charge on any atom is -0.444 e. The summed E-state index contributed by atoms with van der Waals surface area (Å²) in [6.07, 6.45) is 0.703. The van der Waals surface area contributed by atoms with Gasteiger partial charge in [-0.15, -0.1) is 11.3 Å². The Morgan fingerprint density at radius 1 is 1.35 bits per heavy atom. The molecule has 1 N–H and O–H groups in total. The van der Waals surface area contributed by atoms with Gasteiger partial charge in [-0.25, -0.2) is 4.79 Å². The topological polar surface area (TPSA) is 41.6 Å². The van der Waals surface area contributed by atoms with E-state index in [1.807, 2.05) is 32.1 Å². The third-order valence-corrected chi connectivity index (χ3v) is 4.51. The molecule has 0 aromatic carbocycles. The maximum Gasteiger partial charge on any atom is 0.410 e. The summed E-state index contributed by atoms with van der Waals surface area (Å²) in [7, 11) is 0. The normalized spacial score (nSPS) is 13.0. The summed E-state index contributed by atoms with van der Waals surface area (Å²) in [6.45, 7) is 16.4. The molecule has 0 aliphatic heterocycles. The second-order valence-electron chi connectivity index (χ2n) is 7.01. The molecule has 0 fully saturated rings. The van der Waals surface area contributed by atoms with Crippen LogP contribution in [0.4, 0.5) is 4.79 Å². The lowest BCUT2D eigenvalue weighted by atomic mass is 10.1. The van der Waals surface area contributed by atoms with Crippen LogP contribution in [0.5, 0.6) is 0 Å². The van der Waals surface area contributed by atoms with E-state index in [2.05, 4.69) is 39.1 Å². The van der Waals surface area contributed by atoms with Crippen LogP contribution >= 0.6 is 11.3 Å². The Bertz CT molecular complexity index is 506. The molecule has 1 atom stereocenters. The molecule has 1 unspecified atom stereocenters. The minimum absolute atomic E-state index is 0.226. The smallest absolute Gasteiger partial charge is 0.410 e. The van der Waals surface area contributed by atoms with Crippen LogP contribution in [0.3, 0.4) is 0 Å². The SMILES string of the molecule is CCCN(CCNC(C)c1cc(C)sc1C)C(=O)OC(C)(C)C. The molecule has 0 radical (unpaired) electrons. The molecule has 132 valence electrons. The Morgan fingerprint density at radius 2 is 2.00 bits per heavy atom. The number of nitrogens with one attached hydrogen (secondary N) is 1. The zero-order chi connectivity index (χ0) is 17.6. The summed E-state index contributed by atoms with van der Waals surface area (Å²) < 4.78 is 5.48. The lowest BCUT2D eigenvalue weighted by molar-refractivity contribution is 0.0251. The lowest BCUT2D eigenvalue weighted by Gasteiger charge is -2.27. The van der Waals surface area contributed by atoms with Gasteiger partial charge < -0.3 is 15.0 Å². The van der Waals surface area contributed by atoms with Crippen LogP contribution < -0.4 is 5.32 Å². The summed E-state index contributed by atoms with van der Waals surface area (Å²) in [5.41, 5.74) is 0.904. The van der Waals surface area contributed by atoms with Gasteiger partial charge in [0.05, 0.1) is 0 Å². The Labute approximate surface area is 145 Å².